The standard InChI is InChI=1S/C20H25N7OS2/c1-13-14(5-6-17(23-13)28-10-9-27(2)3)18-24-15(11-29-18)16-12-30-20(25-16)26-19-21-7-4-8-22-19/h5-6,11-12H,4,7-10H2,1-3H3,(H2,21,22,25,26). The lowest BCUT2D eigenvalue weighted by atomic mass is 10.2. The van der Waals surface area contributed by atoms with E-state index in [1.807, 2.05) is 43.9 Å². The zero-order valence-corrected chi connectivity index (χ0v) is 18.9. The van der Waals surface area contributed by atoms with Crippen molar-refractivity contribution in [1.82, 2.24) is 25.2 Å². The van der Waals surface area contributed by atoms with Gasteiger partial charge in [-0.1, -0.05) is 0 Å². The maximum absolute atomic E-state index is 5.73. The number of anilines is 1. The van der Waals surface area contributed by atoms with Crippen LogP contribution in [0.1, 0.15) is 12.1 Å². The Balaban J connectivity index is 1.44. The summed E-state index contributed by atoms with van der Waals surface area (Å²) in [5.41, 5.74) is 3.64. The number of hydrogen-bond acceptors (Lipinski definition) is 10. The van der Waals surface area contributed by atoms with Crippen LogP contribution >= 0.6 is 22.7 Å². The Bertz CT molecular complexity index is 1030. The fourth-order valence-electron chi connectivity index (χ4n) is 2.86. The summed E-state index contributed by atoms with van der Waals surface area (Å²) in [7, 11) is 4.04. The van der Waals surface area contributed by atoms with Crippen LogP contribution in [-0.2, 0) is 0 Å². The fraction of sp³-hybridized carbons (Fsp3) is 0.400. The number of hydrogen-bond donors (Lipinski definition) is 2. The van der Waals surface area contributed by atoms with E-state index in [0.29, 0.717) is 12.5 Å². The van der Waals surface area contributed by atoms with Crippen molar-refractivity contribution in [2.45, 2.75) is 13.3 Å². The van der Waals surface area contributed by atoms with Crippen LogP contribution in [0.25, 0.3) is 22.0 Å². The number of ether oxygens (including phenoxy) is 1. The molecular formula is C20H25N7OS2. The van der Waals surface area contributed by atoms with E-state index < -0.39 is 0 Å². The second-order valence-corrected chi connectivity index (χ2v) is 8.86. The quantitative estimate of drug-likeness (QED) is 0.579. The Morgan fingerprint density at radius 3 is 2.73 bits per heavy atom. The summed E-state index contributed by atoms with van der Waals surface area (Å²) in [6.45, 7) is 5.23. The molecule has 2 N–H and O–H groups in total. The zero-order chi connectivity index (χ0) is 20.9. The van der Waals surface area contributed by atoms with Gasteiger partial charge in [-0.05, 0) is 33.5 Å². The first kappa shape index (κ1) is 20.7. The summed E-state index contributed by atoms with van der Waals surface area (Å²) in [5.74, 6) is 1.43. The minimum Gasteiger partial charge on any atom is -0.476 e. The van der Waals surface area contributed by atoms with E-state index in [9.17, 15) is 0 Å². The molecule has 0 saturated heterocycles. The summed E-state index contributed by atoms with van der Waals surface area (Å²) >= 11 is 3.14. The van der Waals surface area contributed by atoms with Gasteiger partial charge in [0.15, 0.2) is 11.1 Å². The molecule has 1 aliphatic heterocycles. The molecule has 10 heteroatoms. The summed E-state index contributed by atoms with van der Waals surface area (Å²) in [5, 5.41) is 12.3. The Morgan fingerprint density at radius 1 is 1.13 bits per heavy atom. The van der Waals surface area contributed by atoms with Gasteiger partial charge in [0, 0.05) is 42.0 Å². The van der Waals surface area contributed by atoms with E-state index >= 15 is 0 Å². The van der Waals surface area contributed by atoms with Crippen LogP contribution in [0.3, 0.4) is 0 Å². The number of pyridine rings is 1. The van der Waals surface area contributed by atoms with Crippen LogP contribution in [0.5, 0.6) is 5.88 Å². The Morgan fingerprint density at radius 2 is 1.97 bits per heavy atom. The predicted octanol–water partition coefficient (Wildman–Crippen LogP) is 3.34. The molecule has 8 nitrogen and oxygen atoms in total. The molecule has 1 aliphatic rings. The number of likely N-dealkylation sites (N-methyl/N-ethyl adjacent to an activating group) is 1. The molecule has 4 heterocycles. The molecule has 3 aromatic heterocycles. The molecule has 0 aliphatic carbocycles. The molecule has 0 amide bonds. The second-order valence-electron chi connectivity index (χ2n) is 7.15. The average molecular weight is 444 g/mol. The van der Waals surface area contributed by atoms with Gasteiger partial charge < -0.3 is 20.3 Å². The third-order valence-corrected chi connectivity index (χ3v) is 6.11. The van der Waals surface area contributed by atoms with Gasteiger partial charge in [-0.2, -0.15) is 0 Å². The van der Waals surface area contributed by atoms with Crippen molar-refractivity contribution in [3.05, 3.63) is 28.6 Å². The molecule has 0 bridgehead atoms. The van der Waals surface area contributed by atoms with Crippen LogP contribution in [0.15, 0.2) is 27.9 Å². The van der Waals surface area contributed by atoms with Crippen molar-refractivity contribution >= 4 is 33.8 Å². The van der Waals surface area contributed by atoms with E-state index in [1.165, 1.54) is 0 Å². The maximum atomic E-state index is 5.73. The van der Waals surface area contributed by atoms with E-state index in [-0.39, 0.29) is 0 Å². The first-order valence-electron chi connectivity index (χ1n) is 9.81. The van der Waals surface area contributed by atoms with Crippen LogP contribution in [-0.4, -0.2) is 66.1 Å². The largest absolute Gasteiger partial charge is 0.476 e. The van der Waals surface area contributed by atoms with Gasteiger partial charge in [0.25, 0.3) is 0 Å². The first-order valence-corrected chi connectivity index (χ1v) is 11.6. The van der Waals surface area contributed by atoms with Gasteiger partial charge in [0.1, 0.15) is 23.0 Å². The lowest BCUT2D eigenvalue weighted by Crippen LogP contribution is -2.35. The molecule has 0 fully saturated rings. The monoisotopic (exact) mass is 443 g/mol. The van der Waals surface area contributed by atoms with Crippen molar-refractivity contribution in [1.29, 1.82) is 0 Å². The number of thiazole rings is 2. The van der Waals surface area contributed by atoms with Gasteiger partial charge in [0.2, 0.25) is 5.88 Å². The highest BCUT2D eigenvalue weighted by atomic mass is 32.1. The van der Waals surface area contributed by atoms with Crippen molar-refractivity contribution in [2.75, 3.05) is 45.7 Å². The Labute approximate surface area is 184 Å². The van der Waals surface area contributed by atoms with Crippen molar-refractivity contribution in [3.8, 4) is 27.8 Å². The molecule has 0 aromatic carbocycles. The molecule has 0 saturated carbocycles. The minimum atomic E-state index is 0.613. The number of rotatable bonds is 7. The first-order chi connectivity index (χ1) is 14.6. The SMILES string of the molecule is Cc1nc(OCCN(C)C)ccc1-c1nc(-c2csc(NC3=NCCCN3)n2)cs1. The summed E-state index contributed by atoms with van der Waals surface area (Å²) < 4.78 is 5.73. The van der Waals surface area contributed by atoms with Crippen molar-refractivity contribution in [2.24, 2.45) is 4.99 Å². The van der Waals surface area contributed by atoms with Gasteiger partial charge in [-0.25, -0.2) is 15.0 Å². The second kappa shape index (κ2) is 9.50. The third kappa shape index (κ3) is 5.13. The number of aryl methyl sites for hydroxylation is 1. The Kier molecular flexibility index (Phi) is 6.56. The molecule has 4 rings (SSSR count). The fourth-order valence-corrected chi connectivity index (χ4v) is 4.45. The van der Waals surface area contributed by atoms with Gasteiger partial charge in [-0.3, -0.25) is 4.99 Å². The highest BCUT2D eigenvalue weighted by molar-refractivity contribution is 7.14. The number of aromatic nitrogens is 3. The van der Waals surface area contributed by atoms with Crippen molar-refractivity contribution in [3.63, 3.8) is 0 Å². The van der Waals surface area contributed by atoms with Gasteiger partial charge in [0.05, 0.1) is 5.69 Å². The Hall–Kier alpha value is -2.56. The average Bonchev–Trinajstić information content (AvgIpc) is 3.38. The predicted molar refractivity (Wildman–Crippen MR) is 124 cm³/mol. The maximum Gasteiger partial charge on any atom is 0.213 e. The molecule has 30 heavy (non-hydrogen) atoms. The number of aliphatic imine (C=N–C) groups is 1. The van der Waals surface area contributed by atoms with E-state index in [2.05, 4.69) is 30.5 Å². The lowest BCUT2D eigenvalue weighted by molar-refractivity contribution is 0.253. The topological polar surface area (TPSA) is 87.6 Å². The number of nitrogens with one attached hydrogen (secondary N) is 2. The van der Waals surface area contributed by atoms with Gasteiger partial charge in [-0.15, -0.1) is 22.7 Å². The smallest absolute Gasteiger partial charge is 0.213 e. The van der Waals surface area contributed by atoms with Crippen LogP contribution in [0, 0.1) is 6.92 Å². The van der Waals surface area contributed by atoms with Gasteiger partial charge >= 0.3 is 0 Å². The molecule has 158 valence electrons. The third-order valence-electron chi connectivity index (χ3n) is 4.47. The van der Waals surface area contributed by atoms with E-state index in [4.69, 9.17) is 9.72 Å². The molecule has 0 atom stereocenters. The van der Waals surface area contributed by atoms with E-state index in [1.54, 1.807) is 22.7 Å². The van der Waals surface area contributed by atoms with Crippen molar-refractivity contribution < 1.29 is 4.74 Å². The lowest BCUT2D eigenvalue weighted by Gasteiger charge is -2.14. The molecule has 0 unspecified atom stereocenters. The zero-order valence-electron chi connectivity index (χ0n) is 17.3. The summed E-state index contributed by atoms with van der Waals surface area (Å²) in [6, 6.07) is 3.93. The van der Waals surface area contributed by atoms with E-state index in [0.717, 1.165) is 64.8 Å². The normalized spacial score (nSPS) is 13.8. The molecular weight excluding hydrogens is 418 g/mol. The van der Waals surface area contributed by atoms with Crippen LogP contribution in [0.2, 0.25) is 0 Å². The number of nitrogens with zero attached hydrogens (tertiary/aromatic N) is 5. The minimum absolute atomic E-state index is 0.613. The van der Waals surface area contributed by atoms with Crippen LogP contribution in [0.4, 0.5) is 5.13 Å². The van der Waals surface area contributed by atoms with Crippen LogP contribution < -0.4 is 15.4 Å². The highest BCUT2D eigenvalue weighted by Crippen LogP contribution is 2.32. The summed E-state index contributed by atoms with van der Waals surface area (Å²) in [6.07, 6.45) is 1.06. The summed E-state index contributed by atoms with van der Waals surface area (Å²) in [4.78, 5) is 20.5. The molecule has 0 spiro atoms. The molecule has 0 radical (unpaired) electrons. The molecule has 3 aromatic rings. The highest BCUT2D eigenvalue weighted by Gasteiger charge is 2.14. The number of guanidine groups is 1.